The van der Waals surface area contributed by atoms with Crippen LogP contribution in [0.1, 0.15) is 43.7 Å². The van der Waals surface area contributed by atoms with Crippen molar-refractivity contribution < 1.29 is 13.2 Å². The first-order valence-electron chi connectivity index (χ1n) is 10.2. The Morgan fingerprint density at radius 2 is 1.79 bits per heavy atom. The zero-order chi connectivity index (χ0) is 20.9. The van der Waals surface area contributed by atoms with Crippen molar-refractivity contribution in [1.29, 1.82) is 0 Å². The lowest BCUT2D eigenvalue weighted by Gasteiger charge is -2.30. The molecule has 2 aromatic carbocycles. The van der Waals surface area contributed by atoms with E-state index in [9.17, 15) is 8.42 Å². The summed E-state index contributed by atoms with van der Waals surface area (Å²) in [5.74, 6) is 0.518. The molecule has 1 aliphatic rings. The van der Waals surface area contributed by atoms with Crippen LogP contribution in [0.4, 0.5) is 0 Å². The smallest absolute Gasteiger partial charge is 0.241 e. The van der Waals surface area contributed by atoms with E-state index in [1.807, 2.05) is 6.07 Å². The zero-order valence-corrected chi connectivity index (χ0v) is 18.4. The maximum absolute atomic E-state index is 13.0. The second kappa shape index (κ2) is 9.39. The van der Waals surface area contributed by atoms with Gasteiger partial charge in [-0.05, 0) is 42.0 Å². The fourth-order valence-corrected chi connectivity index (χ4v) is 5.41. The Morgan fingerprint density at radius 3 is 2.41 bits per heavy atom. The van der Waals surface area contributed by atoms with Crippen LogP contribution in [0.15, 0.2) is 59.5 Å². The molecular formula is C23H32N2O3S. The van der Waals surface area contributed by atoms with Gasteiger partial charge in [0.25, 0.3) is 0 Å². The van der Waals surface area contributed by atoms with Gasteiger partial charge >= 0.3 is 0 Å². The molecule has 0 saturated carbocycles. The molecule has 0 bridgehead atoms. The lowest BCUT2D eigenvalue weighted by Crippen LogP contribution is -2.50. The van der Waals surface area contributed by atoms with Crippen molar-refractivity contribution in [2.75, 3.05) is 26.8 Å². The first-order chi connectivity index (χ1) is 13.8. The lowest BCUT2D eigenvalue weighted by atomic mass is 9.96. The van der Waals surface area contributed by atoms with Crippen LogP contribution in [0.5, 0.6) is 0 Å². The number of benzene rings is 2. The average Bonchev–Trinajstić information content (AvgIpc) is 3.09. The fraction of sp³-hybridized carbons (Fsp3) is 0.478. The number of rotatable bonds is 9. The maximum Gasteiger partial charge on any atom is 0.241 e. The quantitative estimate of drug-likeness (QED) is 0.676. The summed E-state index contributed by atoms with van der Waals surface area (Å²) < 4.78 is 34.2. The normalized spacial score (nSPS) is 20.4. The van der Waals surface area contributed by atoms with Gasteiger partial charge in [-0.15, -0.1) is 0 Å². The summed E-state index contributed by atoms with van der Waals surface area (Å²) in [6.45, 7) is 7.26. The Bertz CT molecular complexity index is 882. The molecule has 0 radical (unpaired) electrons. The van der Waals surface area contributed by atoms with E-state index in [4.69, 9.17) is 4.74 Å². The molecule has 0 aromatic heterocycles. The molecule has 1 aliphatic heterocycles. The van der Waals surface area contributed by atoms with Crippen LogP contribution in [-0.2, 0) is 21.3 Å². The predicted molar refractivity (Wildman–Crippen MR) is 116 cm³/mol. The molecule has 6 heteroatoms. The van der Waals surface area contributed by atoms with E-state index in [0.717, 1.165) is 19.5 Å². The molecule has 0 unspecified atom stereocenters. The highest BCUT2D eigenvalue weighted by Crippen LogP contribution is 2.29. The number of hydrogen-bond acceptors (Lipinski definition) is 4. The number of nitrogens with one attached hydrogen (secondary N) is 1. The highest BCUT2D eigenvalue weighted by molar-refractivity contribution is 7.89. The second-order valence-corrected chi connectivity index (χ2v) is 9.98. The van der Waals surface area contributed by atoms with Crippen molar-refractivity contribution in [3.8, 4) is 0 Å². The summed E-state index contributed by atoms with van der Waals surface area (Å²) in [5.41, 5.74) is 2.07. The van der Waals surface area contributed by atoms with Gasteiger partial charge in [0.15, 0.2) is 0 Å². The monoisotopic (exact) mass is 416 g/mol. The molecule has 29 heavy (non-hydrogen) atoms. The Kier molecular flexibility index (Phi) is 7.11. The summed E-state index contributed by atoms with van der Waals surface area (Å²) >= 11 is 0. The molecule has 1 N–H and O–H groups in total. The Hall–Kier alpha value is -1.73. The van der Waals surface area contributed by atoms with E-state index in [-0.39, 0.29) is 0 Å². The number of sulfonamides is 1. The minimum atomic E-state index is -3.58. The van der Waals surface area contributed by atoms with Gasteiger partial charge in [-0.25, -0.2) is 13.1 Å². The molecule has 1 atom stereocenters. The molecule has 0 amide bonds. The van der Waals surface area contributed by atoms with Gasteiger partial charge < -0.3 is 4.74 Å². The molecule has 158 valence electrons. The molecule has 0 spiro atoms. The van der Waals surface area contributed by atoms with Crippen LogP contribution in [0.3, 0.4) is 0 Å². The van der Waals surface area contributed by atoms with Crippen molar-refractivity contribution in [3.05, 3.63) is 65.7 Å². The third-order valence-corrected chi connectivity index (χ3v) is 7.27. The van der Waals surface area contributed by atoms with Crippen LogP contribution >= 0.6 is 0 Å². The van der Waals surface area contributed by atoms with Gasteiger partial charge in [0.05, 0.1) is 4.90 Å². The number of likely N-dealkylation sites (tertiary alicyclic amines) is 1. The highest BCUT2D eigenvalue weighted by Gasteiger charge is 2.41. The summed E-state index contributed by atoms with van der Waals surface area (Å²) in [4.78, 5) is 2.63. The third-order valence-electron chi connectivity index (χ3n) is 5.67. The van der Waals surface area contributed by atoms with E-state index in [2.05, 4.69) is 47.7 Å². The standard InChI is InChI=1S/C23H32N2O3S/c1-19(2)21-11-9-20(10-12-21)17-25-15-13-23(18-25,14-16-28-3)24-29(26,27)22-7-5-4-6-8-22/h4-12,19,24H,13-18H2,1-3H3/t23-/m1/s1. The van der Waals surface area contributed by atoms with Gasteiger partial charge in [0.1, 0.15) is 0 Å². The summed E-state index contributed by atoms with van der Waals surface area (Å²) in [6.07, 6.45) is 1.42. The topological polar surface area (TPSA) is 58.6 Å². The molecule has 0 aliphatic carbocycles. The van der Waals surface area contributed by atoms with E-state index >= 15 is 0 Å². The number of nitrogens with zero attached hydrogens (tertiary/aromatic N) is 1. The largest absolute Gasteiger partial charge is 0.385 e. The molecule has 1 saturated heterocycles. The molecule has 2 aromatic rings. The van der Waals surface area contributed by atoms with Crippen molar-refractivity contribution in [2.24, 2.45) is 0 Å². The van der Waals surface area contributed by atoms with E-state index in [0.29, 0.717) is 30.4 Å². The van der Waals surface area contributed by atoms with Gasteiger partial charge in [-0.1, -0.05) is 56.3 Å². The van der Waals surface area contributed by atoms with Crippen LogP contribution in [-0.4, -0.2) is 45.7 Å². The number of hydrogen-bond donors (Lipinski definition) is 1. The molecule has 5 nitrogen and oxygen atoms in total. The fourth-order valence-electron chi connectivity index (χ4n) is 3.94. The minimum absolute atomic E-state index is 0.305. The van der Waals surface area contributed by atoms with Crippen LogP contribution in [0, 0.1) is 0 Å². The van der Waals surface area contributed by atoms with Crippen LogP contribution < -0.4 is 4.72 Å². The Labute approximate surface area is 175 Å². The molecule has 1 fully saturated rings. The summed E-state index contributed by atoms with van der Waals surface area (Å²) in [6, 6.07) is 17.3. The average molecular weight is 417 g/mol. The predicted octanol–water partition coefficient (Wildman–Crippen LogP) is 3.77. The van der Waals surface area contributed by atoms with Crippen molar-refractivity contribution in [3.63, 3.8) is 0 Å². The van der Waals surface area contributed by atoms with Crippen molar-refractivity contribution in [2.45, 2.75) is 49.6 Å². The van der Waals surface area contributed by atoms with E-state index in [1.165, 1.54) is 11.1 Å². The molecule has 1 heterocycles. The van der Waals surface area contributed by atoms with Crippen molar-refractivity contribution in [1.82, 2.24) is 9.62 Å². The third kappa shape index (κ3) is 5.66. The van der Waals surface area contributed by atoms with Crippen molar-refractivity contribution >= 4 is 10.0 Å². The van der Waals surface area contributed by atoms with Crippen LogP contribution in [0.25, 0.3) is 0 Å². The van der Waals surface area contributed by atoms with E-state index < -0.39 is 15.6 Å². The van der Waals surface area contributed by atoms with E-state index in [1.54, 1.807) is 31.4 Å². The number of ether oxygens (including phenoxy) is 1. The van der Waals surface area contributed by atoms with Gasteiger partial charge in [0.2, 0.25) is 10.0 Å². The molecule has 3 rings (SSSR count). The van der Waals surface area contributed by atoms with Crippen LogP contribution in [0.2, 0.25) is 0 Å². The summed E-state index contributed by atoms with van der Waals surface area (Å²) in [7, 11) is -1.92. The first kappa shape index (κ1) is 22.0. The molecular weight excluding hydrogens is 384 g/mol. The SMILES string of the molecule is COCC[C@]1(NS(=O)(=O)c2ccccc2)CCN(Cc2ccc(C(C)C)cc2)C1. The highest BCUT2D eigenvalue weighted by atomic mass is 32.2. The second-order valence-electron chi connectivity index (χ2n) is 8.30. The minimum Gasteiger partial charge on any atom is -0.385 e. The number of methoxy groups -OCH3 is 1. The van der Waals surface area contributed by atoms with Gasteiger partial charge in [-0.2, -0.15) is 0 Å². The van der Waals surface area contributed by atoms with Gasteiger partial charge in [-0.3, -0.25) is 4.90 Å². The first-order valence-corrected chi connectivity index (χ1v) is 11.7. The Balaban J connectivity index is 1.72. The maximum atomic E-state index is 13.0. The summed E-state index contributed by atoms with van der Waals surface area (Å²) in [5, 5.41) is 0. The van der Waals surface area contributed by atoms with Gasteiger partial charge in [0, 0.05) is 38.9 Å². The lowest BCUT2D eigenvalue weighted by molar-refractivity contribution is 0.161. The zero-order valence-electron chi connectivity index (χ0n) is 17.6. The Morgan fingerprint density at radius 1 is 1.10 bits per heavy atom.